The molecule has 16 heavy (non-hydrogen) atoms. The number of nitrogens with zero attached hydrogens (tertiary/aromatic N) is 1. The third-order valence-electron chi connectivity index (χ3n) is 3.09. The number of hydrogen-bond donors (Lipinski definition) is 1. The van der Waals surface area contributed by atoms with Crippen LogP contribution in [0.15, 0.2) is 36.4 Å². The Morgan fingerprint density at radius 1 is 1.25 bits per heavy atom. The second-order valence-electron chi connectivity index (χ2n) is 4.22. The normalized spacial score (nSPS) is 17.5. The Bertz CT molecular complexity index is 356. The van der Waals surface area contributed by atoms with Crippen LogP contribution in [0.25, 0.3) is 0 Å². The van der Waals surface area contributed by atoms with Gasteiger partial charge < -0.3 is 10.0 Å². The van der Waals surface area contributed by atoms with Gasteiger partial charge in [0, 0.05) is 18.8 Å². The number of benzene rings is 1. The van der Waals surface area contributed by atoms with Crippen molar-refractivity contribution in [2.45, 2.75) is 25.9 Å². The van der Waals surface area contributed by atoms with Crippen molar-refractivity contribution in [3.05, 3.63) is 42.0 Å². The zero-order valence-corrected chi connectivity index (χ0v) is 9.76. The van der Waals surface area contributed by atoms with E-state index in [-0.39, 0.29) is 6.10 Å². The Morgan fingerprint density at radius 3 is 2.56 bits per heavy atom. The summed E-state index contributed by atoms with van der Waals surface area (Å²) in [7, 11) is 0. The maximum absolute atomic E-state index is 9.71. The molecule has 1 aromatic rings. The molecular weight excluding hydrogens is 198 g/mol. The molecule has 0 aromatic heterocycles. The summed E-state index contributed by atoms with van der Waals surface area (Å²) in [5.41, 5.74) is 2.26. The molecule has 1 unspecified atom stereocenters. The minimum atomic E-state index is -0.324. The Labute approximate surface area is 97.2 Å². The van der Waals surface area contributed by atoms with Crippen LogP contribution < -0.4 is 4.90 Å². The SMILES string of the molecule is CCC(O)c1ccc(N2CC=CCC2)cc1. The summed E-state index contributed by atoms with van der Waals surface area (Å²) < 4.78 is 0. The number of rotatable bonds is 3. The van der Waals surface area contributed by atoms with Crippen molar-refractivity contribution in [2.24, 2.45) is 0 Å². The number of hydrogen-bond acceptors (Lipinski definition) is 2. The summed E-state index contributed by atoms with van der Waals surface area (Å²) in [6.07, 6.45) is 6.00. The van der Waals surface area contributed by atoms with Gasteiger partial charge in [-0.3, -0.25) is 0 Å². The van der Waals surface area contributed by atoms with E-state index in [1.54, 1.807) is 0 Å². The summed E-state index contributed by atoms with van der Waals surface area (Å²) in [6.45, 7) is 4.08. The fraction of sp³-hybridized carbons (Fsp3) is 0.429. The molecule has 0 radical (unpaired) electrons. The van der Waals surface area contributed by atoms with Gasteiger partial charge in [0.15, 0.2) is 0 Å². The third kappa shape index (κ3) is 2.45. The average molecular weight is 217 g/mol. The van der Waals surface area contributed by atoms with Gasteiger partial charge in [0.2, 0.25) is 0 Å². The average Bonchev–Trinajstić information content (AvgIpc) is 2.39. The highest BCUT2D eigenvalue weighted by Gasteiger charge is 2.08. The van der Waals surface area contributed by atoms with E-state index < -0.39 is 0 Å². The summed E-state index contributed by atoms with van der Waals surface area (Å²) in [5.74, 6) is 0. The number of aliphatic hydroxyl groups is 1. The van der Waals surface area contributed by atoms with Gasteiger partial charge in [-0.25, -0.2) is 0 Å². The van der Waals surface area contributed by atoms with Gasteiger partial charge in [0.05, 0.1) is 6.10 Å². The highest BCUT2D eigenvalue weighted by Crippen LogP contribution is 2.22. The van der Waals surface area contributed by atoms with Crippen LogP contribution in [-0.2, 0) is 0 Å². The Hall–Kier alpha value is -1.28. The van der Waals surface area contributed by atoms with Gasteiger partial charge in [0.25, 0.3) is 0 Å². The van der Waals surface area contributed by atoms with Gasteiger partial charge in [-0.15, -0.1) is 0 Å². The van der Waals surface area contributed by atoms with Gasteiger partial charge in [-0.2, -0.15) is 0 Å². The predicted octanol–water partition coefficient (Wildman–Crippen LogP) is 2.90. The van der Waals surface area contributed by atoms with E-state index in [9.17, 15) is 5.11 Å². The Morgan fingerprint density at radius 2 is 2.00 bits per heavy atom. The topological polar surface area (TPSA) is 23.5 Å². The molecule has 0 bridgehead atoms. The summed E-state index contributed by atoms with van der Waals surface area (Å²) in [4.78, 5) is 2.35. The lowest BCUT2D eigenvalue weighted by Crippen LogP contribution is -2.26. The fourth-order valence-electron chi connectivity index (χ4n) is 2.02. The van der Waals surface area contributed by atoms with Crippen LogP contribution in [0.2, 0.25) is 0 Å². The summed E-state index contributed by atoms with van der Waals surface area (Å²) in [6, 6.07) is 8.27. The number of aliphatic hydroxyl groups excluding tert-OH is 1. The van der Waals surface area contributed by atoms with Crippen molar-refractivity contribution in [3.8, 4) is 0 Å². The minimum Gasteiger partial charge on any atom is -0.388 e. The monoisotopic (exact) mass is 217 g/mol. The van der Waals surface area contributed by atoms with Crippen LogP contribution >= 0.6 is 0 Å². The fourth-order valence-corrected chi connectivity index (χ4v) is 2.02. The maximum Gasteiger partial charge on any atom is 0.0787 e. The van der Waals surface area contributed by atoms with Crippen molar-refractivity contribution >= 4 is 5.69 Å². The van der Waals surface area contributed by atoms with E-state index in [4.69, 9.17) is 0 Å². The van der Waals surface area contributed by atoms with Crippen LogP contribution in [0.1, 0.15) is 31.4 Å². The molecule has 1 N–H and O–H groups in total. The Kier molecular flexibility index (Phi) is 3.62. The molecule has 0 aliphatic carbocycles. The van der Waals surface area contributed by atoms with E-state index in [0.717, 1.165) is 31.5 Å². The molecule has 1 heterocycles. The van der Waals surface area contributed by atoms with E-state index in [2.05, 4.69) is 29.2 Å². The van der Waals surface area contributed by atoms with Crippen LogP contribution in [-0.4, -0.2) is 18.2 Å². The van der Waals surface area contributed by atoms with Crippen molar-refractivity contribution in [2.75, 3.05) is 18.0 Å². The second kappa shape index (κ2) is 5.17. The first-order valence-electron chi connectivity index (χ1n) is 5.99. The molecule has 2 rings (SSSR count). The molecule has 0 saturated heterocycles. The first kappa shape index (κ1) is 11.2. The van der Waals surface area contributed by atoms with Crippen LogP contribution in [0.5, 0.6) is 0 Å². The molecular formula is C14H19NO. The van der Waals surface area contributed by atoms with Gasteiger partial charge in [-0.05, 0) is 30.5 Å². The maximum atomic E-state index is 9.71. The molecule has 86 valence electrons. The number of anilines is 1. The molecule has 1 atom stereocenters. The molecule has 1 aliphatic heterocycles. The largest absolute Gasteiger partial charge is 0.388 e. The van der Waals surface area contributed by atoms with E-state index in [1.807, 2.05) is 19.1 Å². The van der Waals surface area contributed by atoms with E-state index in [1.165, 1.54) is 5.69 Å². The standard InChI is InChI=1S/C14H19NO/c1-2-14(16)12-6-8-13(9-7-12)15-10-4-3-5-11-15/h3-4,6-9,14,16H,2,5,10-11H2,1H3. The Balaban J connectivity index is 2.09. The smallest absolute Gasteiger partial charge is 0.0787 e. The van der Waals surface area contributed by atoms with E-state index in [0.29, 0.717) is 0 Å². The lowest BCUT2D eigenvalue weighted by atomic mass is 10.1. The highest BCUT2D eigenvalue weighted by atomic mass is 16.3. The molecule has 1 aliphatic rings. The zero-order valence-electron chi connectivity index (χ0n) is 9.76. The minimum absolute atomic E-state index is 0.324. The molecule has 0 saturated carbocycles. The van der Waals surface area contributed by atoms with Crippen molar-refractivity contribution in [1.82, 2.24) is 0 Å². The highest BCUT2D eigenvalue weighted by molar-refractivity contribution is 5.49. The quantitative estimate of drug-likeness (QED) is 0.787. The predicted molar refractivity (Wildman–Crippen MR) is 67.7 cm³/mol. The molecule has 0 spiro atoms. The molecule has 0 fully saturated rings. The second-order valence-corrected chi connectivity index (χ2v) is 4.22. The van der Waals surface area contributed by atoms with Crippen LogP contribution in [0.4, 0.5) is 5.69 Å². The zero-order chi connectivity index (χ0) is 11.4. The van der Waals surface area contributed by atoms with Gasteiger partial charge >= 0.3 is 0 Å². The lowest BCUT2D eigenvalue weighted by molar-refractivity contribution is 0.173. The van der Waals surface area contributed by atoms with E-state index >= 15 is 0 Å². The molecule has 0 amide bonds. The molecule has 2 heteroatoms. The van der Waals surface area contributed by atoms with Crippen molar-refractivity contribution in [3.63, 3.8) is 0 Å². The molecule has 2 nitrogen and oxygen atoms in total. The summed E-state index contributed by atoms with van der Waals surface area (Å²) >= 11 is 0. The van der Waals surface area contributed by atoms with Gasteiger partial charge in [-0.1, -0.05) is 31.2 Å². The van der Waals surface area contributed by atoms with Crippen molar-refractivity contribution < 1.29 is 5.11 Å². The first-order valence-corrected chi connectivity index (χ1v) is 5.99. The van der Waals surface area contributed by atoms with Crippen LogP contribution in [0.3, 0.4) is 0 Å². The molecule has 1 aromatic carbocycles. The van der Waals surface area contributed by atoms with Gasteiger partial charge in [0.1, 0.15) is 0 Å². The first-order chi connectivity index (χ1) is 7.81. The third-order valence-corrected chi connectivity index (χ3v) is 3.09. The van der Waals surface area contributed by atoms with Crippen molar-refractivity contribution in [1.29, 1.82) is 0 Å². The summed E-state index contributed by atoms with van der Waals surface area (Å²) in [5, 5.41) is 9.71. The van der Waals surface area contributed by atoms with Crippen LogP contribution in [0, 0.1) is 0 Å². The lowest BCUT2D eigenvalue weighted by Gasteiger charge is -2.25.